The van der Waals surface area contributed by atoms with Gasteiger partial charge in [0, 0.05) is 14.1 Å². The summed E-state index contributed by atoms with van der Waals surface area (Å²) in [7, 11) is 3.48. The molecule has 84 valence electrons. The molecule has 0 saturated carbocycles. The van der Waals surface area contributed by atoms with Crippen LogP contribution in [0.1, 0.15) is 35.1 Å². The van der Waals surface area contributed by atoms with Gasteiger partial charge >= 0.3 is 0 Å². The average molecular weight is 227 g/mol. The Bertz CT molecular complexity index is 346. The van der Waals surface area contributed by atoms with Gasteiger partial charge in [0.25, 0.3) is 5.91 Å². The van der Waals surface area contributed by atoms with E-state index in [9.17, 15) is 4.79 Å². The summed E-state index contributed by atoms with van der Waals surface area (Å²) in [4.78, 5) is 18.2. The quantitative estimate of drug-likeness (QED) is 0.852. The molecule has 0 aliphatic heterocycles. The lowest BCUT2D eigenvalue weighted by atomic mass is 10.2. The zero-order chi connectivity index (χ0) is 11.4. The van der Waals surface area contributed by atoms with Crippen LogP contribution in [0.25, 0.3) is 0 Å². The Morgan fingerprint density at radius 2 is 2.20 bits per heavy atom. The van der Waals surface area contributed by atoms with Gasteiger partial charge in [-0.25, -0.2) is 4.98 Å². The largest absolute Gasteiger partial charge is 0.375 e. The Labute approximate surface area is 94.1 Å². The highest BCUT2D eigenvalue weighted by Crippen LogP contribution is 2.23. The Hall–Kier alpha value is -1.10. The number of unbranched alkanes of at least 4 members (excludes halogenated alkanes) is 1. The van der Waals surface area contributed by atoms with Gasteiger partial charge in [-0.05, 0) is 12.8 Å². The Balaban J connectivity index is 2.90. The van der Waals surface area contributed by atoms with Crippen molar-refractivity contribution in [2.75, 3.05) is 19.8 Å². The number of aryl methyl sites for hydroxylation is 1. The van der Waals surface area contributed by atoms with E-state index in [0.29, 0.717) is 10.0 Å². The van der Waals surface area contributed by atoms with Gasteiger partial charge in [0.05, 0.1) is 5.69 Å². The van der Waals surface area contributed by atoms with Gasteiger partial charge in [-0.1, -0.05) is 24.7 Å². The predicted octanol–water partition coefficient (Wildman–Crippen LogP) is 1.77. The fraction of sp³-hybridized carbons (Fsp3) is 0.600. The van der Waals surface area contributed by atoms with Gasteiger partial charge < -0.3 is 10.6 Å². The highest BCUT2D eigenvalue weighted by Gasteiger charge is 2.17. The third kappa shape index (κ3) is 2.92. The number of carbonyl (C=O) groups is 1. The highest BCUT2D eigenvalue weighted by molar-refractivity contribution is 7.17. The molecule has 0 spiro atoms. The van der Waals surface area contributed by atoms with Gasteiger partial charge in [0.2, 0.25) is 0 Å². The van der Waals surface area contributed by atoms with Crippen molar-refractivity contribution in [2.24, 2.45) is 0 Å². The minimum absolute atomic E-state index is 0.00435. The molecule has 0 saturated heterocycles. The second-order valence-corrected chi connectivity index (χ2v) is 4.66. The summed E-state index contributed by atoms with van der Waals surface area (Å²) in [5, 5.41) is 0.478. The molecule has 0 aromatic carbocycles. The second-order valence-electron chi connectivity index (χ2n) is 3.63. The molecule has 0 aliphatic rings. The third-order valence-electron chi connectivity index (χ3n) is 2.08. The number of thiazole rings is 1. The summed E-state index contributed by atoms with van der Waals surface area (Å²) >= 11 is 1.28. The molecular weight excluding hydrogens is 210 g/mol. The van der Waals surface area contributed by atoms with Crippen molar-refractivity contribution in [3.8, 4) is 0 Å². The number of anilines is 1. The van der Waals surface area contributed by atoms with E-state index in [0.717, 1.165) is 25.0 Å². The summed E-state index contributed by atoms with van der Waals surface area (Å²) in [6, 6.07) is 0. The number of hydrogen-bond acceptors (Lipinski definition) is 4. The van der Waals surface area contributed by atoms with E-state index in [1.807, 2.05) is 0 Å². The molecule has 5 heteroatoms. The van der Waals surface area contributed by atoms with E-state index in [-0.39, 0.29) is 5.91 Å². The Morgan fingerprint density at radius 1 is 1.53 bits per heavy atom. The molecule has 1 amide bonds. The van der Waals surface area contributed by atoms with Crippen molar-refractivity contribution in [3.05, 3.63) is 10.6 Å². The summed E-state index contributed by atoms with van der Waals surface area (Å²) in [6.45, 7) is 2.11. The number of amides is 1. The van der Waals surface area contributed by atoms with Crippen molar-refractivity contribution >= 4 is 22.4 Å². The number of hydrogen-bond donors (Lipinski definition) is 1. The normalized spacial score (nSPS) is 10.3. The molecule has 0 fully saturated rings. The maximum absolute atomic E-state index is 11.8. The van der Waals surface area contributed by atoms with Crippen LogP contribution in [-0.2, 0) is 6.42 Å². The monoisotopic (exact) mass is 227 g/mol. The summed E-state index contributed by atoms with van der Waals surface area (Å²) in [5.74, 6) is -0.00435. The van der Waals surface area contributed by atoms with Crippen LogP contribution in [-0.4, -0.2) is 29.9 Å². The SMILES string of the molecule is CCCCc1nc(N)sc1C(=O)N(C)C. The predicted molar refractivity (Wildman–Crippen MR) is 63.2 cm³/mol. The van der Waals surface area contributed by atoms with Crippen molar-refractivity contribution in [3.63, 3.8) is 0 Å². The first-order chi connectivity index (χ1) is 7.06. The molecule has 15 heavy (non-hydrogen) atoms. The molecule has 1 rings (SSSR count). The van der Waals surface area contributed by atoms with Gasteiger partial charge in [-0.3, -0.25) is 4.79 Å². The van der Waals surface area contributed by atoms with E-state index in [1.165, 1.54) is 11.3 Å². The maximum atomic E-state index is 11.8. The molecule has 0 aliphatic carbocycles. The molecule has 0 unspecified atom stereocenters. The zero-order valence-electron chi connectivity index (χ0n) is 9.41. The number of carbonyl (C=O) groups excluding carboxylic acids is 1. The van der Waals surface area contributed by atoms with Crippen LogP contribution in [0.4, 0.5) is 5.13 Å². The lowest BCUT2D eigenvalue weighted by Gasteiger charge is -2.09. The summed E-state index contributed by atoms with van der Waals surface area (Å²) < 4.78 is 0. The van der Waals surface area contributed by atoms with Crippen LogP contribution < -0.4 is 5.73 Å². The number of rotatable bonds is 4. The topological polar surface area (TPSA) is 59.2 Å². The highest BCUT2D eigenvalue weighted by atomic mass is 32.1. The van der Waals surface area contributed by atoms with Crippen molar-refractivity contribution < 1.29 is 4.79 Å². The van der Waals surface area contributed by atoms with Crippen molar-refractivity contribution in [1.82, 2.24) is 9.88 Å². The van der Waals surface area contributed by atoms with Crippen LogP contribution in [0.15, 0.2) is 0 Å². The van der Waals surface area contributed by atoms with E-state index < -0.39 is 0 Å². The maximum Gasteiger partial charge on any atom is 0.265 e. The van der Waals surface area contributed by atoms with E-state index in [1.54, 1.807) is 19.0 Å². The van der Waals surface area contributed by atoms with Gasteiger partial charge in [-0.2, -0.15) is 0 Å². The number of nitrogens with zero attached hydrogens (tertiary/aromatic N) is 2. The van der Waals surface area contributed by atoms with Gasteiger partial charge in [-0.15, -0.1) is 0 Å². The molecule has 1 aromatic heterocycles. The number of nitrogens with two attached hydrogens (primary N) is 1. The minimum atomic E-state index is -0.00435. The first kappa shape index (κ1) is 12.0. The van der Waals surface area contributed by atoms with Crippen LogP contribution in [0.3, 0.4) is 0 Å². The summed E-state index contributed by atoms with van der Waals surface area (Å²) in [5.41, 5.74) is 6.47. The van der Waals surface area contributed by atoms with Crippen LogP contribution >= 0.6 is 11.3 Å². The smallest absolute Gasteiger partial charge is 0.265 e. The zero-order valence-corrected chi connectivity index (χ0v) is 10.2. The lowest BCUT2D eigenvalue weighted by Crippen LogP contribution is -2.21. The molecule has 1 aromatic rings. The average Bonchev–Trinajstić information content (AvgIpc) is 2.55. The molecule has 2 N–H and O–H groups in total. The fourth-order valence-electron chi connectivity index (χ4n) is 1.25. The first-order valence-corrected chi connectivity index (χ1v) is 5.84. The molecule has 0 atom stereocenters. The van der Waals surface area contributed by atoms with Crippen LogP contribution in [0.5, 0.6) is 0 Å². The molecule has 1 heterocycles. The van der Waals surface area contributed by atoms with E-state index >= 15 is 0 Å². The van der Waals surface area contributed by atoms with Gasteiger partial charge in [0.1, 0.15) is 4.88 Å². The standard InChI is InChI=1S/C10H17N3OS/c1-4-5-6-7-8(9(14)13(2)3)15-10(11)12-7/h4-6H2,1-3H3,(H2,11,12). The van der Waals surface area contributed by atoms with Crippen LogP contribution in [0.2, 0.25) is 0 Å². The third-order valence-corrected chi connectivity index (χ3v) is 3.00. The summed E-state index contributed by atoms with van der Waals surface area (Å²) in [6.07, 6.45) is 2.96. The molecular formula is C10H17N3OS. The van der Waals surface area contributed by atoms with Crippen molar-refractivity contribution in [2.45, 2.75) is 26.2 Å². The van der Waals surface area contributed by atoms with Crippen LogP contribution in [0, 0.1) is 0 Å². The lowest BCUT2D eigenvalue weighted by molar-refractivity contribution is 0.0831. The molecule has 0 bridgehead atoms. The first-order valence-electron chi connectivity index (χ1n) is 5.03. The molecule has 4 nitrogen and oxygen atoms in total. The second kappa shape index (κ2) is 5.11. The van der Waals surface area contributed by atoms with Gasteiger partial charge in [0.15, 0.2) is 5.13 Å². The minimum Gasteiger partial charge on any atom is -0.375 e. The fourth-order valence-corrected chi connectivity index (χ4v) is 2.15. The number of aromatic nitrogens is 1. The molecule has 0 radical (unpaired) electrons. The van der Waals surface area contributed by atoms with E-state index in [4.69, 9.17) is 5.73 Å². The van der Waals surface area contributed by atoms with Crippen molar-refractivity contribution in [1.29, 1.82) is 0 Å². The Morgan fingerprint density at radius 3 is 2.73 bits per heavy atom. The Kier molecular flexibility index (Phi) is 4.08. The number of nitrogen functional groups attached to an aromatic ring is 1. The van der Waals surface area contributed by atoms with E-state index in [2.05, 4.69) is 11.9 Å².